The predicted molar refractivity (Wildman–Crippen MR) is 122 cm³/mol. The molecule has 3 fully saturated rings. The fourth-order valence-electron chi connectivity index (χ4n) is 5.40. The summed E-state index contributed by atoms with van der Waals surface area (Å²) in [4.78, 5) is 26.7. The fraction of sp³-hybridized carbons (Fsp3) is 0.680. The van der Waals surface area contributed by atoms with Gasteiger partial charge < -0.3 is 10.0 Å². The van der Waals surface area contributed by atoms with Crippen LogP contribution in [0, 0.1) is 12.8 Å². The highest BCUT2D eigenvalue weighted by Gasteiger charge is 2.38. The number of carbonyl (C=O) groups excluding carboxylic acids is 1. The van der Waals surface area contributed by atoms with E-state index in [1.807, 2.05) is 0 Å². The normalized spacial score (nSPS) is 24.1. The molecule has 2 heterocycles. The quantitative estimate of drug-likeness (QED) is 0.660. The van der Waals surface area contributed by atoms with Crippen molar-refractivity contribution in [2.24, 2.45) is 5.92 Å². The molecule has 33 heavy (non-hydrogen) atoms. The summed E-state index contributed by atoms with van der Waals surface area (Å²) in [5.41, 5.74) is 3.86. The van der Waals surface area contributed by atoms with Crippen LogP contribution in [0.5, 0.6) is 0 Å². The number of carboxylic acid groups (broad SMARTS) is 1. The first-order valence-electron chi connectivity index (χ1n) is 12.0. The number of rotatable bonds is 5. The summed E-state index contributed by atoms with van der Waals surface area (Å²) in [6, 6.07) is 8.25. The van der Waals surface area contributed by atoms with Gasteiger partial charge in [-0.05, 0) is 75.8 Å². The lowest BCUT2D eigenvalue weighted by Crippen LogP contribution is -2.39. The van der Waals surface area contributed by atoms with Gasteiger partial charge in [0.2, 0.25) is 0 Å². The Bertz CT molecular complexity index is 837. The van der Waals surface area contributed by atoms with Crippen molar-refractivity contribution in [1.82, 2.24) is 4.90 Å². The van der Waals surface area contributed by atoms with Crippen LogP contribution in [-0.4, -0.2) is 59.7 Å². The molecule has 0 amide bonds. The molecule has 2 atom stereocenters. The van der Waals surface area contributed by atoms with Crippen LogP contribution in [0.3, 0.4) is 0 Å². The summed E-state index contributed by atoms with van der Waals surface area (Å²) >= 11 is 0. The molecule has 1 N–H and O–H groups in total. The number of carbonyl (C=O) groups is 2. The Morgan fingerprint density at radius 3 is 2.27 bits per heavy atom. The van der Waals surface area contributed by atoms with Crippen LogP contribution in [0.25, 0.3) is 0 Å². The molecule has 1 aromatic rings. The molecule has 1 aromatic carbocycles. The minimum atomic E-state index is -5.08. The van der Waals surface area contributed by atoms with Crippen LogP contribution >= 0.6 is 0 Å². The average Bonchev–Trinajstić information content (AvgIpc) is 3.50. The van der Waals surface area contributed by atoms with E-state index in [0.717, 1.165) is 38.0 Å². The zero-order chi connectivity index (χ0) is 24.2. The van der Waals surface area contributed by atoms with Crippen LogP contribution in [0.15, 0.2) is 18.2 Å². The lowest BCUT2D eigenvalue weighted by Gasteiger charge is -2.28. The van der Waals surface area contributed by atoms with Crippen LogP contribution in [0.1, 0.15) is 63.0 Å². The van der Waals surface area contributed by atoms with E-state index in [4.69, 9.17) is 9.90 Å². The van der Waals surface area contributed by atoms with Gasteiger partial charge in [0.05, 0.1) is 0 Å². The van der Waals surface area contributed by atoms with Gasteiger partial charge in [-0.2, -0.15) is 13.2 Å². The number of alkyl halides is 3. The highest BCUT2D eigenvalue weighted by Crippen LogP contribution is 2.30. The Labute approximate surface area is 193 Å². The molecule has 1 saturated carbocycles. The maximum atomic E-state index is 12.5. The van der Waals surface area contributed by atoms with Crippen LogP contribution in [0.2, 0.25) is 0 Å². The van der Waals surface area contributed by atoms with Crippen LogP contribution in [-0.2, 0) is 16.0 Å². The second kappa shape index (κ2) is 10.9. The highest BCUT2D eigenvalue weighted by atomic mass is 19.4. The van der Waals surface area contributed by atoms with E-state index in [2.05, 4.69) is 41.8 Å². The maximum absolute atomic E-state index is 12.5. The largest absolute Gasteiger partial charge is 0.490 e. The molecule has 8 heteroatoms. The van der Waals surface area contributed by atoms with Crippen molar-refractivity contribution in [3.8, 4) is 0 Å². The van der Waals surface area contributed by atoms with Crippen molar-refractivity contribution in [3.05, 3.63) is 29.3 Å². The van der Waals surface area contributed by atoms with Crippen molar-refractivity contribution in [3.63, 3.8) is 0 Å². The third-order valence-electron chi connectivity index (χ3n) is 7.35. The first-order chi connectivity index (χ1) is 15.6. The van der Waals surface area contributed by atoms with Gasteiger partial charge in [-0.25, -0.2) is 4.79 Å². The smallest absolute Gasteiger partial charge is 0.475 e. The fourth-order valence-corrected chi connectivity index (χ4v) is 5.40. The Kier molecular flexibility index (Phi) is 8.43. The summed E-state index contributed by atoms with van der Waals surface area (Å²) in [6.07, 6.45) is 4.25. The molecular formula is C25H35F3N2O3. The first kappa shape index (κ1) is 25.5. The Hall–Kier alpha value is -2.09. The molecule has 0 aromatic heterocycles. The minimum Gasteiger partial charge on any atom is -0.475 e. The zero-order valence-electron chi connectivity index (χ0n) is 19.5. The molecule has 0 unspecified atom stereocenters. The van der Waals surface area contributed by atoms with E-state index in [0.29, 0.717) is 18.1 Å². The number of likely N-dealkylation sites (tertiary alicyclic amines) is 1. The third kappa shape index (κ3) is 6.71. The molecule has 0 radical (unpaired) electrons. The summed E-state index contributed by atoms with van der Waals surface area (Å²) in [7, 11) is 0. The monoisotopic (exact) mass is 468 g/mol. The second-order valence-electron chi connectivity index (χ2n) is 9.66. The van der Waals surface area contributed by atoms with Gasteiger partial charge in [0.25, 0.3) is 0 Å². The van der Waals surface area contributed by atoms with Crippen LogP contribution < -0.4 is 4.90 Å². The van der Waals surface area contributed by atoms with Crippen molar-refractivity contribution in [1.29, 1.82) is 0 Å². The van der Waals surface area contributed by atoms with Gasteiger partial charge in [-0.15, -0.1) is 0 Å². The topological polar surface area (TPSA) is 60.9 Å². The number of halogens is 3. The summed E-state index contributed by atoms with van der Waals surface area (Å²) in [5.74, 6) is -1.97. The third-order valence-corrected chi connectivity index (χ3v) is 7.35. The van der Waals surface area contributed by atoms with E-state index >= 15 is 0 Å². The minimum absolute atomic E-state index is 0.330. The number of nitrogens with zero attached hydrogens (tertiary/aromatic N) is 2. The number of hydrogen-bond acceptors (Lipinski definition) is 4. The zero-order valence-corrected chi connectivity index (χ0v) is 19.5. The Morgan fingerprint density at radius 2 is 1.73 bits per heavy atom. The van der Waals surface area contributed by atoms with Crippen LogP contribution in [0.4, 0.5) is 18.9 Å². The molecule has 184 valence electrons. The van der Waals surface area contributed by atoms with E-state index in [1.54, 1.807) is 0 Å². The number of anilines is 1. The molecule has 0 spiro atoms. The molecule has 3 aliphatic rings. The number of ketones is 1. The number of aryl methyl sites for hydroxylation is 1. The average molecular weight is 469 g/mol. The molecular weight excluding hydrogens is 433 g/mol. The van der Waals surface area contributed by atoms with Gasteiger partial charge in [0.1, 0.15) is 5.78 Å². The summed E-state index contributed by atoms with van der Waals surface area (Å²) < 4.78 is 31.7. The Morgan fingerprint density at radius 1 is 1.06 bits per heavy atom. The number of carboxylic acids is 1. The van der Waals surface area contributed by atoms with E-state index in [9.17, 15) is 18.0 Å². The second-order valence-corrected chi connectivity index (χ2v) is 9.66. The van der Waals surface area contributed by atoms with Crippen molar-refractivity contribution in [2.75, 3.05) is 24.5 Å². The molecule has 5 nitrogen and oxygen atoms in total. The number of hydrogen-bond donors (Lipinski definition) is 1. The lowest BCUT2D eigenvalue weighted by atomic mass is 9.94. The number of aliphatic carboxylic acids is 1. The van der Waals surface area contributed by atoms with E-state index < -0.39 is 12.1 Å². The van der Waals surface area contributed by atoms with Crippen molar-refractivity contribution < 1.29 is 27.9 Å². The summed E-state index contributed by atoms with van der Waals surface area (Å²) in [6.45, 7) is 8.16. The Balaban J connectivity index is 0.000000383. The highest BCUT2D eigenvalue weighted by molar-refractivity contribution is 5.84. The molecule has 1 aliphatic carbocycles. The van der Waals surface area contributed by atoms with Gasteiger partial charge >= 0.3 is 12.1 Å². The number of benzene rings is 1. The maximum Gasteiger partial charge on any atom is 0.490 e. The summed E-state index contributed by atoms with van der Waals surface area (Å²) in [5, 5.41) is 7.12. The SMILES string of the molecule is Cc1cc(N2CC[C@H](N3CCC[C@@H]3C)C2)ccc1CC(=O)C1CCCC1.O=C(O)C(F)(F)F. The van der Waals surface area contributed by atoms with E-state index in [-0.39, 0.29) is 0 Å². The standard InChI is InChI=1S/C23H34N2O.C2HF3O2/c1-17-14-21(10-9-20(17)15-23(26)19-7-3-4-8-19)24-13-11-22(16-24)25-12-5-6-18(25)2;3-2(4,5)1(6)7/h9-10,14,18-19,22H,3-8,11-13,15-16H2,1-2H3;(H,6,7)/t18-,22-;/m0./s1. The van der Waals surface area contributed by atoms with Crippen molar-refractivity contribution >= 4 is 17.4 Å². The van der Waals surface area contributed by atoms with Gasteiger partial charge in [-0.3, -0.25) is 9.69 Å². The molecule has 2 saturated heterocycles. The van der Waals surface area contributed by atoms with E-state index in [1.165, 1.54) is 55.5 Å². The number of Topliss-reactive ketones (excluding diaryl/α,β-unsaturated/α-hetero) is 1. The molecule has 0 bridgehead atoms. The van der Waals surface area contributed by atoms with Gasteiger partial charge in [0, 0.05) is 43.2 Å². The van der Waals surface area contributed by atoms with Gasteiger partial charge in [-0.1, -0.05) is 18.9 Å². The molecule has 2 aliphatic heterocycles. The van der Waals surface area contributed by atoms with Crippen molar-refractivity contribution in [2.45, 2.75) is 83.5 Å². The van der Waals surface area contributed by atoms with Gasteiger partial charge in [0.15, 0.2) is 0 Å². The lowest BCUT2D eigenvalue weighted by molar-refractivity contribution is -0.192. The first-order valence-corrected chi connectivity index (χ1v) is 12.0. The predicted octanol–water partition coefficient (Wildman–Crippen LogP) is 4.99. The molecule has 4 rings (SSSR count).